The maximum absolute atomic E-state index is 9.43. The molecule has 2 aromatic carbocycles. The average Bonchev–Trinajstić information content (AvgIpc) is 3.19. The van der Waals surface area contributed by atoms with Gasteiger partial charge >= 0.3 is 0 Å². The van der Waals surface area contributed by atoms with Crippen molar-refractivity contribution in [3.63, 3.8) is 0 Å². The number of aromatic nitrogens is 2. The molecule has 1 aliphatic heterocycles. The van der Waals surface area contributed by atoms with Crippen molar-refractivity contribution < 1.29 is 9.63 Å². The van der Waals surface area contributed by atoms with E-state index in [4.69, 9.17) is 4.52 Å². The molecule has 4 rings (SSSR count). The summed E-state index contributed by atoms with van der Waals surface area (Å²) in [4.78, 5) is 9.27. The summed E-state index contributed by atoms with van der Waals surface area (Å²) in [7, 11) is 0. The van der Waals surface area contributed by atoms with Crippen LogP contribution in [-0.4, -0.2) is 46.3 Å². The number of phenolic OH excluding ortho intramolecular Hbond substituents is 1. The van der Waals surface area contributed by atoms with E-state index in [-0.39, 0.29) is 6.04 Å². The van der Waals surface area contributed by atoms with Crippen molar-refractivity contribution in [2.24, 2.45) is 0 Å². The van der Waals surface area contributed by atoms with Gasteiger partial charge in [-0.15, -0.1) is 0 Å². The molecule has 1 saturated heterocycles. The Bertz CT molecular complexity index is 840. The normalized spacial score (nSPS) is 16.6. The van der Waals surface area contributed by atoms with Gasteiger partial charge in [0.25, 0.3) is 0 Å². The van der Waals surface area contributed by atoms with Gasteiger partial charge in [0, 0.05) is 37.4 Å². The lowest BCUT2D eigenvalue weighted by Gasteiger charge is -2.38. The third-order valence-corrected chi connectivity index (χ3v) is 4.91. The Morgan fingerprint density at radius 3 is 2.35 bits per heavy atom. The first-order valence-corrected chi connectivity index (χ1v) is 8.88. The first kappa shape index (κ1) is 16.6. The van der Waals surface area contributed by atoms with Gasteiger partial charge in [-0.2, -0.15) is 4.98 Å². The van der Waals surface area contributed by atoms with Crippen LogP contribution in [0, 0.1) is 0 Å². The van der Waals surface area contributed by atoms with Gasteiger partial charge in [-0.25, -0.2) is 0 Å². The number of piperazine rings is 1. The van der Waals surface area contributed by atoms with Crippen molar-refractivity contribution in [2.75, 3.05) is 31.1 Å². The lowest BCUT2D eigenvalue weighted by molar-refractivity contribution is 0.164. The minimum Gasteiger partial charge on any atom is -0.508 e. The van der Waals surface area contributed by atoms with Gasteiger partial charge in [-0.3, -0.25) is 4.90 Å². The Labute approximate surface area is 152 Å². The van der Waals surface area contributed by atoms with Crippen LogP contribution < -0.4 is 4.90 Å². The smallest absolute Gasteiger partial charge is 0.244 e. The van der Waals surface area contributed by atoms with E-state index in [1.807, 2.05) is 42.5 Å². The Hall–Kier alpha value is -2.86. The van der Waals surface area contributed by atoms with E-state index in [1.54, 1.807) is 12.1 Å². The fourth-order valence-corrected chi connectivity index (χ4v) is 3.30. The molecule has 1 aliphatic rings. The maximum atomic E-state index is 9.43. The zero-order chi connectivity index (χ0) is 17.9. The largest absolute Gasteiger partial charge is 0.508 e. The van der Waals surface area contributed by atoms with Crippen LogP contribution >= 0.6 is 0 Å². The van der Waals surface area contributed by atoms with Crippen LogP contribution in [0.3, 0.4) is 0 Å². The highest BCUT2D eigenvalue weighted by molar-refractivity contribution is 5.53. The summed E-state index contributed by atoms with van der Waals surface area (Å²) in [6.45, 7) is 5.80. The van der Waals surface area contributed by atoms with Crippen molar-refractivity contribution in [3.05, 3.63) is 60.5 Å². The van der Waals surface area contributed by atoms with Crippen molar-refractivity contribution in [1.29, 1.82) is 0 Å². The topological polar surface area (TPSA) is 65.6 Å². The molecular weight excluding hydrogens is 328 g/mol. The van der Waals surface area contributed by atoms with Crippen LogP contribution in [-0.2, 0) is 0 Å². The molecule has 3 aromatic rings. The van der Waals surface area contributed by atoms with Crippen LogP contribution in [0.25, 0.3) is 11.4 Å². The highest BCUT2D eigenvalue weighted by Crippen LogP contribution is 2.25. The number of aromatic hydroxyl groups is 1. The molecule has 0 bridgehead atoms. The maximum Gasteiger partial charge on any atom is 0.244 e. The van der Waals surface area contributed by atoms with E-state index in [0.29, 0.717) is 17.5 Å². The molecule has 0 aliphatic carbocycles. The molecule has 1 unspecified atom stereocenters. The van der Waals surface area contributed by atoms with E-state index in [9.17, 15) is 5.11 Å². The zero-order valence-corrected chi connectivity index (χ0v) is 14.7. The molecule has 2 heterocycles. The molecule has 1 N–H and O–H groups in total. The van der Waals surface area contributed by atoms with Crippen LogP contribution in [0.1, 0.15) is 18.9 Å². The van der Waals surface area contributed by atoms with Gasteiger partial charge in [0.1, 0.15) is 5.75 Å². The van der Waals surface area contributed by atoms with E-state index in [1.165, 1.54) is 0 Å². The Morgan fingerprint density at radius 1 is 0.962 bits per heavy atom. The average molecular weight is 350 g/mol. The number of anilines is 1. The Morgan fingerprint density at radius 2 is 1.65 bits per heavy atom. The first-order chi connectivity index (χ1) is 12.7. The highest BCUT2D eigenvalue weighted by atomic mass is 16.5. The lowest BCUT2D eigenvalue weighted by Crippen LogP contribution is -2.47. The van der Waals surface area contributed by atoms with E-state index in [2.05, 4.69) is 26.9 Å². The predicted molar refractivity (Wildman–Crippen MR) is 100 cm³/mol. The second-order valence-electron chi connectivity index (χ2n) is 6.54. The highest BCUT2D eigenvalue weighted by Gasteiger charge is 2.26. The standard InChI is InChI=1S/C20H22N4O2/c1-15(20-21-19(22-26-20)16-5-3-2-4-6-16)23-11-13-24(14-12-23)17-7-9-18(25)10-8-17/h2-10,15,25H,11-14H2,1H3. The van der Waals surface area contributed by atoms with Crippen molar-refractivity contribution in [3.8, 4) is 17.1 Å². The lowest BCUT2D eigenvalue weighted by atomic mass is 10.2. The molecule has 0 spiro atoms. The van der Waals surface area contributed by atoms with E-state index in [0.717, 1.165) is 37.4 Å². The van der Waals surface area contributed by atoms with Crippen LogP contribution in [0.4, 0.5) is 5.69 Å². The minimum atomic E-state index is 0.0851. The number of rotatable bonds is 4. The van der Waals surface area contributed by atoms with Crippen molar-refractivity contribution in [1.82, 2.24) is 15.0 Å². The third kappa shape index (κ3) is 3.41. The van der Waals surface area contributed by atoms with Crippen molar-refractivity contribution >= 4 is 5.69 Å². The zero-order valence-electron chi connectivity index (χ0n) is 14.7. The molecular formula is C20H22N4O2. The van der Waals surface area contributed by atoms with E-state index < -0.39 is 0 Å². The third-order valence-electron chi connectivity index (χ3n) is 4.91. The molecule has 0 saturated carbocycles. The summed E-state index contributed by atoms with van der Waals surface area (Å²) in [5.74, 6) is 1.59. The summed E-state index contributed by atoms with van der Waals surface area (Å²) in [5, 5.41) is 13.6. The SMILES string of the molecule is CC(c1nc(-c2ccccc2)no1)N1CCN(c2ccc(O)cc2)CC1. The van der Waals surface area contributed by atoms with Crippen LogP contribution in [0.2, 0.25) is 0 Å². The molecule has 6 heteroatoms. The number of hydrogen-bond acceptors (Lipinski definition) is 6. The predicted octanol–water partition coefficient (Wildman–Crippen LogP) is 3.33. The molecule has 1 atom stereocenters. The van der Waals surface area contributed by atoms with Gasteiger partial charge in [-0.05, 0) is 31.2 Å². The molecule has 134 valence electrons. The molecule has 0 amide bonds. The Balaban J connectivity index is 1.40. The summed E-state index contributed by atoms with van der Waals surface area (Å²) in [6, 6.07) is 17.3. The molecule has 0 radical (unpaired) electrons. The fourth-order valence-electron chi connectivity index (χ4n) is 3.30. The van der Waals surface area contributed by atoms with Gasteiger partial charge in [-0.1, -0.05) is 35.5 Å². The summed E-state index contributed by atoms with van der Waals surface area (Å²) >= 11 is 0. The summed E-state index contributed by atoms with van der Waals surface area (Å²) < 4.78 is 5.51. The second kappa shape index (κ2) is 7.17. The van der Waals surface area contributed by atoms with Gasteiger partial charge in [0.2, 0.25) is 11.7 Å². The van der Waals surface area contributed by atoms with Crippen LogP contribution in [0.5, 0.6) is 5.75 Å². The second-order valence-corrected chi connectivity index (χ2v) is 6.54. The van der Waals surface area contributed by atoms with E-state index >= 15 is 0 Å². The quantitative estimate of drug-likeness (QED) is 0.779. The molecule has 26 heavy (non-hydrogen) atoms. The minimum absolute atomic E-state index is 0.0851. The summed E-state index contributed by atoms with van der Waals surface area (Å²) in [5.41, 5.74) is 2.10. The number of hydrogen-bond donors (Lipinski definition) is 1. The number of benzene rings is 2. The molecule has 6 nitrogen and oxygen atoms in total. The van der Waals surface area contributed by atoms with Crippen molar-refractivity contribution in [2.45, 2.75) is 13.0 Å². The Kier molecular flexibility index (Phi) is 4.58. The first-order valence-electron chi connectivity index (χ1n) is 8.88. The fraction of sp³-hybridized carbons (Fsp3) is 0.300. The van der Waals surface area contributed by atoms with Gasteiger partial charge < -0.3 is 14.5 Å². The monoisotopic (exact) mass is 350 g/mol. The van der Waals surface area contributed by atoms with Gasteiger partial charge in [0.15, 0.2) is 0 Å². The van der Waals surface area contributed by atoms with Crippen LogP contribution in [0.15, 0.2) is 59.1 Å². The van der Waals surface area contributed by atoms with Gasteiger partial charge in [0.05, 0.1) is 6.04 Å². The number of phenols is 1. The molecule has 1 fully saturated rings. The number of nitrogens with zero attached hydrogens (tertiary/aromatic N) is 4. The summed E-state index contributed by atoms with van der Waals surface area (Å²) in [6.07, 6.45) is 0. The molecule has 1 aromatic heterocycles.